The fourth-order valence-electron chi connectivity index (χ4n) is 5.04. The second kappa shape index (κ2) is 16.2. The van der Waals surface area contributed by atoms with Crippen LogP contribution in [0.4, 0.5) is 4.79 Å². The van der Waals surface area contributed by atoms with E-state index in [0.29, 0.717) is 18.9 Å². The number of nitrogens with one attached hydrogen (secondary N) is 2. The average Bonchev–Trinajstić information content (AvgIpc) is 2.95. The van der Waals surface area contributed by atoms with E-state index in [9.17, 15) is 19.5 Å². The highest BCUT2D eigenvalue weighted by molar-refractivity contribution is 5.86. The number of amides is 3. The third kappa shape index (κ3) is 10.1. The lowest BCUT2D eigenvalue weighted by atomic mass is 9.92. The van der Waals surface area contributed by atoms with Crippen LogP contribution in [0.25, 0.3) is 0 Å². The van der Waals surface area contributed by atoms with Crippen molar-refractivity contribution in [1.29, 1.82) is 0 Å². The zero-order valence-electron chi connectivity index (χ0n) is 26.6. The predicted molar refractivity (Wildman–Crippen MR) is 168 cm³/mol. The van der Waals surface area contributed by atoms with Crippen LogP contribution in [0.15, 0.2) is 54.6 Å². The maximum atomic E-state index is 13.6. The molecule has 0 aliphatic rings. The second-order valence-corrected chi connectivity index (χ2v) is 12.4. The molecule has 0 aliphatic heterocycles. The van der Waals surface area contributed by atoms with Gasteiger partial charge in [-0.3, -0.25) is 14.5 Å². The monoisotopic (exact) mass is 581 g/mol. The number of hydrogen-bond acceptors (Lipinski definition) is 4. The maximum Gasteiger partial charge on any atom is 0.408 e. The smallest absolute Gasteiger partial charge is 0.408 e. The molecule has 0 aliphatic carbocycles. The Bertz CT molecular complexity index is 1130. The largest absolute Gasteiger partial charge is 0.493 e. The fourth-order valence-corrected chi connectivity index (χ4v) is 5.04. The third-order valence-corrected chi connectivity index (χ3v) is 7.75. The molecule has 0 fully saturated rings. The summed E-state index contributed by atoms with van der Waals surface area (Å²) < 4.78 is 5.96. The number of carbonyl (C=O) groups is 3. The third-order valence-electron chi connectivity index (χ3n) is 7.75. The van der Waals surface area contributed by atoms with Crippen LogP contribution in [0.3, 0.4) is 0 Å². The highest BCUT2D eigenvalue weighted by atomic mass is 16.5. The van der Waals surface area contributed by atoms with Crippen LogP contribution in [-0.2, 0) is 9.59 Å². The van der Waals surface area contributed by atoms with Gasteiger partial charge in [-0.2, -0.15) is 0 Å². The summed E-state index contributed by atoms with van der Waals surface area (Å²) in [5, 5.41) is 16.1. The van der Waals surface area contributed by atoms with Gasteiger partial charge in [0.05, 0.1) is 18.6 Å². The molecule has 0 saturated carbocycles. The lowest BCUT2D eigenvalue weighted by Gasteiger charge is -2.41. The summed E-state index contributed by atoms with van der Waals surface area (Å²) in [4.78, 5) is 40.5. The van der Waals surface area contributed by atoms with Gasteiger partial charge in [-0.1, -0.05) is 83.0 Å². The molecule has 0 spiro atoms. The quantitative estimate of drug-likeness (QED) is 0.215. The Morgan fingerprint density at radius 3 is 2.05 bits per heavy atom. The topological polar surface area (TPSA) is 108 Å². The minimum Gasteiger partial charge on any atom is -0.493 e. The van der Waals surface area contributed by atoms with Crippen LogP contribution in [-0.4, -0.2) is 52.6 Å². The molecule has 5 atom stereocenters. The zero-order valence-corrected chi connectivity index (χ0v) is 26.6. The molecule has 3 N–H and O–H groups in total. The molecule has 2 rings (SSSR count). The Morgan fingerprint density at radius 1 is 0.905 bits per heavy atom. The first-order chi connectivity index (χ1) is 19.8. The summed E-state index contributed by atoms with van der Waals surface area (Å²) in [6, 6.07) is 15.7. The fraction of sp³-hybridized carbons (Fsp3) is 0.559. The van der Waals surface area contributed by atoms with Crippen LogP contribution < -0.4 is 15.4 Å². The van der Waals surface area contributed by atoms with Gasteiger partial charge in [0.1, 0.15) is 11.8 Å². The van der Waals surface area contributed by atoms with Gasteiger partial charge in [0.2, 0.25) is 11.8 Å². The minimum absolute atomic E-state index is 0.102. The lowest BCUT2D eigenvalue weighted by molar-refractivity contribution is -0.130. The standard InChI is InChI=1S/C34H51N3O5/c1-9-14-23(3)22-42-28-19-17-27(18-20-28)29(36-31(38)25(5)26-15-12-11-13-16-26)21-35-32(39)30(24(4)10-2)37(33(40)41)34(6,7)8/h11-13,15-20,23-25,29-30H,9-10,14,21-22H2,1-8H3,(H,35,39)(H,36,38)(H,40,41)/t23?,24-,25-,29-,30-/m0/s1. The van der Waals surface area contributed by atoms with Gasteiger partial charge in [-0.25, -0.2) is 4.79 Å². The number of nitrogens with zero attached hydrogens (tertiary/aromatic N) is 1. The molecule has 2 aromatic rings. The van der Waals surface area contributed by atoms with Crippen molar-refractivity contribution in [2.75, 3.05) is 13.2 Å². The van der Waals surface area contributed by atoms with Gasteiger partial charge in [-0.15, -0.1) is 0 Å². The molecule has 8 heteroatoms. The molecular formula is C34H51N3O5. The Hall–Kier alpha value is -3.55. The van der Waals surface area contributed by atoms with Gasteiger partial charge >= 0.3 is 6.09 Å². The summed E-state index contributed by atoms with van der Waals surface area (Å²) in [7, 11) is 0. The normalized spacial score (nSPS) is 15.0. The Morgan fingerprint density at radius 2 is 1.52 bits per heavy atom. The summed E-state index contributed by atoms with van der Waals surface area (Å²) in [5.74, 6) is 0.0265. The molecule has 0 radical (unpaired) electrons. The van der Waals surface area contributed by atoms with E-state index in [4.69, 9.17) is 4.74 Å². The van der Waals surface area contributed by atoms with Crippen molar-refractivity contribution in [1.82, 2.24) is 15.5 Å². The van der Waals surface area contributed by atoms with Crippen LogP contribution in [0, 0.1) is 11.8 Å². The zero-order chi connectivity index (χ0) is 31.4. The highest BCUT2D eigenvalue weighted by Crippen LogP contribution is 2.25. The first-order valence-corrected chi connectivity index (χ1v) is 15.2. The first-order valence-electron chi connectivity index (χ1n) is 15.2. The van der Waals surface area contributed by atoms with E-state index >= 15 is 0 Å². The lowest BCUT2D eigenvalue weighted by Crippen LogP contribution is -2.59. The van der Waals surface area contributed by atoms with Crippen LogP contribution >= 0.6 is 0 Å². The first kappa shape index (κ1) is 34.7. The number of benzene rings is 2. The second-order valence-electron chi connectivity index (χ2n) is 12.4. The van der Waals surface area contributed by atoms with Gasteiger partial charge in [0.15, 0.2) is 0 Å². The van der Waals surface area contributed by atoms with Crippen LogP contribution in [0.2, 0.25) is 0 Å². The van der Waals surface area contributed by atoms with E-state index in [-0.39, 0.29) is 24.3 Å². The molecule has 232 valence electrons. The molecule has 2 aromatic carbocycles. The molecule has 0 aromatic heterocycles. The molecule has 42 heavy (non-hydrogen) atoms. The average molecular weight is 582 g/mol. The van der Waals surface area contributed by atoms with Crippen LogP contribution in [0.5, 0.6) is 5.75 Å². The van der Waals surface area contributed by atoms with Crippen molar-refractivity contribution in [2.24, 2.45) is 11.8 Å². The van der Waals surface area contributed by atoms with E-state index in [2.05, 4.69) is 24.5 Å². The molecule has 8 nitrogen and oxygen atoms in total. The Balaban J connectivity index is 2.30. The number of ether oxygens (including phenoxy) is 1. The van der Waals surface area contributed by atoms with Crippen molar-refractivity contribution in [2.45, 2.75) is 98.2 Å². The number of carboxylic acid groups (broad SMARTS) is 1. The van der Waals surface area contributed by atoms with Crippen molar-refractivity contribution in [3.05, 3.63) is 65.7 Å². The van der Waals surface area contributed by atoms with E-state index in [1.54, 1.807) is 20.8 Å². The number of rotatable bonds is 15. The van der Waals surface area contributed by atoms with Crippen molar-refractivity contribution >= 4 is 17.9 Å². The molecule has 0 bridgehead atoms. The maximum absolute atomic E-state index is 13.6. The summed E-state index contributed by atoms with van der Waals surface area (Å²) in [6.45, 7) is 16.1. The van der Waals surface area contributed by atoms with Crippen molar-refractivity contribution in [3.8, 4) is 5.75 Å². The van der Waals surface area contributed by atoms with E-state index < -0.39 is 29.6 Å². The Labute approximate surface area is 252 Å². The summed E-state index contributed by atoms with van der Waals surface area (Å²) >= 11 is 0. The predicted octanol–water partition coefficient (Wildman–Crippen LogP) is 6.77. The summed E-state index contributed by atoms with van der Waals surface area (Å²) in [6.07, 6.45) is 1.69. The SMILES string of the molecule is CCCC(C)COc1ccc([C@H](CNC(=O)[C@H]([C@@H](C)CC)N(C(=O)O)C(C)(C)C)NC(=O)[C@@H](C)c2ccccc2)cc1. The molecule has 1 unspecified atom stereocenters. The van der Waals surface area contributed by atoms with Crippen LogP contribution in [0.1, 0.15) is 97.7 Å². The van der Waals surface area contributed by atoms with Gasteiger partial charge in [0, 0.05) is 12.1 Å². The number of hydrogen-bond donors (Lipinski definition) is 3. The van der Waals surface area contributed by atoms with E-state index in [0.717, 1.165) is 29.7 Å². The molecule has 3 amide bonds. The molecule has 0 saturated heterocycles. The van der Waals surface area contributed by atoms with Crippen molar-refractivity contribution < 1.29 is 24.2 Å². The van der Waals surface area contributed by atoms with Gasteiger partial charge in [0.25, 0.3) is 0 Å². The molecular weight excluding hydrogens is 530 g/mol. The van der Waals surface area contributed by atoms with Crippen molar-refractivity contribution in [3.63, 3.8) is 0 Å². The van der Waals surface area contributed by atoms with Gasteiger partial charge < -0.3 is 20.5 Å². The van der Waals surface area contributed by atoms with Gasteiger partial charge in [-0.05, 0) is 69.2 Å². The van der Waals surface area contributed by atoms with E-state index in [1.165, 1.54) is 4.90 Å². The Kier molecular flexibility index (Phi) is 13.4. The summed E-state index contributed by atoms with van der Waals surface area (Å²) in [5.41, 5.74) is 0.922. The minimum atomic E-state index is -1.15. The van der Waals surface area contributed by atoms with E-state index in [1.807, 2.05) is 75.4 Å². The molecule has 0 heterocycles. The highest BCUT2D eigenvalue weighted by Gasteiger charge is 2.40. The number of carbonyl (C=O) groups excluding carboxylic acids is 2.